The quantitative estimate of drug-likeness (QED) is 0.664. The van der Waals surface area contributed by atoms with Gasteiger partial charge in [0.1, 0.15) is 0 Å². The highest BCUT2D eigenvalue weighted by atomic mass is 16.7. The second kappa shape index (κ2) is 2.77. The van der Waals surface area contributed by atoms with Crippen LogP contribution in [0.3, 0.4) is 0 Å². The SMILES string of the molecule is C1=CN=C(c2ccc3c(c2)OCO3)[N]1. The summed E-state index contributed by atoms with van der Waals surface area (Å²) in [7, 11) is 0. The van der Waals surface area contributed by atoms with Crippen molar-refractivity contribution in [3.8, 4) is 11.5 Å². The molecule has 4 nitrogen and oxygen atoms in total. The van der Waals surface area contributed by atoms with Crippen LogP contribution in [-0.2, 0) is 0 Å². The van der Waals surface area contributed by atoms with E-state index < -0.39 is 0 Å². The monoisotopic (exact) mass is 187 g/mol. The highest BCUT2D eigenvalue weighted by Gasteiger charge is 2.15. The van der Waals surface area contributed by atoms with E-state index in [-0.39, 0.29) is 0 Å². The number of ether oxygens (including phenoxy) is 2. The molecule has 0 saturated heterocycles. The molecular formula is C10H7N2O2. The highest BCUT2D eigenvalue weighted by molar-refractivity contribution is 6.01. The van der Waals surface area contributed by atoms with Gasteiger partial charge in [0, 0.05) is 18.0 Å². The smallest absolute Gasteiger partial charge is 0.231 e. The molecule has 0 amide bonds. The van der Waals surface area contributed by atoms with Gasteiger partial charge in [0.25, 0.3) is 0 Å². The van der Waals surface area contributed by atoms with Crippen molar-refractivity contribution < 1.29 is 9.47 Å². The zero-order valence-corrected chi connectivity index (χ0v) is 7.30. The summed E-state index contributed by atoms with van der Waals surface area (Å²) in [6.45, 7) is 0.292. The average molecular weight is 187 g/mol. The fourth-order valence-electron chi connectivity index (χ4n) is 1.43. The molecule has 2 aliphatic heterocycles. The molecular weight excluding hydrogens is 180 g/mol. The second-order valence-electron chi connectivity index (χ2n) is 2.95. The fraction of sp³-hybridized carbons (Fsp3) is 0.100. The number of amidine groups is 1. The van der Waals surface area contributed by atoms with Crippen LogP contribution in [0.1, 0.15) is 5.56 Å². The molecule has 0 atom stereocenters. The van der Waals surface area contributed by atoms with Crippen molar-refractivity contribution in [1.82, 2.24) is 5.32 Å². The summed E-state index contributed by atoms with van der Waals surface area (Å²) in [5, 5.41) is 4.10. The molecule has 0 fully saturated rings. The summed E-state index contributed by atoms with van der Waals surface area (Å²) in [5.74, 6) is 2.25. The molecule has 0 unspecified atom stereocenters. The van der Waals surface area contributed by atoms with Crippen molar-refractivity contribution in [2.45, 2.75) is 0 Å². The van der Waals surface area contributed by atoms with Gasteiger partial charge < -0.3 is 9.47 Å². The van der Waals surface area contributed by atoms with Gasteiger partial charge in [-0.1, -0.05) is 0 Å². The molecule has 0 saturated carbocycles. The van der Waals surface area contributed by atoms with Crippen LogP contribution >= 0.6 is 0 Å². The van der Waals surface area contributed by atoms with Crippen LogP contribution in [0.25, 0.3) is 0 Å². The van der Waals surface area contributed by atoms with Crippen LogP contribution in [0.2, 0.25) is 0 Å². The number of nitrogens with zero attached hydrogens (tertiary/aromatic N) is 2. The fourth-order valence-corrected chi connectivity index (χ4v) is 1.43. The van der Waals surface area contributed by atoms with Crippen LogP contribution in [0.15, 0.2) is 35.6 Å². The van der Waals surface area contributed by atoms with E-state index in [9.17, 15) is 0 Å². The van der Waals surface area contributed by atoms with Crippen molar-refractivity contribution >= 4 is 5.84 Å². The Bertz CT molecular complexity index is 438. The molecule has 0 N–H and O–H groups in total. The third kappa shape index (κ3) is 1.04. The lowest BCUT2D eigenvalue weighted by Crippen LogP contribution is -2.07. The van der Waals surface area contributed by atoms with E-state index in [0.29, 0.717) is 12.6 Å². The Morgan fingerprint density at radius 2 is 2.00 bits per heavy atom. The summed E-state index contributed by atoms with van der Waals surface area (Å²) >= 11 is 0. The number of hydrogen-bond acceptors (Lipinski definition) is 3. The van der Waals surface area contributed by atoms with Crippen LogP contribution in [0.4, 0.5) is 0 Å². The molecule has 4 heteroatoms. The van der Waals surface area contributed by atoms with E-state index in [1.807, 2.05) is 18.2 Å². The lowest BCUT2D eigenvalue weighted by molar-refractivity contribution is 0.174. The topological polar surface area (TPSA) is 44.9 Å². The molecule has 1 aromatic carbocycles. The summed E-state index contributed by atoms with van der Waals surface area (Å²) in [6, 6.07) is 5.68. The van der Waals surface area contributed by atoms with Crippen LogP contribution < -0.4 is 14.8 Å². The summed E-state index contributed by atoms with van der Waals surface area (Å²) in [4.78, 5) is 4.10. The van der Waals surface area contributed by atoms with E-state index in [4.69, 9.17) is 9.47 Å². The van der Waals surface area contributed by atoms with Crippen molar-refractivity contribution in [2.24, 2.45) is 4.99 Å². The van der Waals surface area contributed by atoms with Gasteiger partial charge in [-0.25, -0.2) is 10.3 Å². The zero-order chi connectivity index (χ0) is 9.38. The highest BCUT2D eigenvalue weighted by Crippen LogP contribution is 2.32. The Morgan fingerprint density at radius 3 is 2.86 bits per heavy atom. The predicted molar refractivity (Wildman–Crippen MR) is 50.4 cm³/mol. The second-order valence-corrected chi connectivity index (χ2v) is 2.95. The Balaban J connectivity index is 2.00. The molecule has 0 aliphatic carbocycles. The van der Waals surface area contributed by atoms with Gasteiger partial charge in [0.2, 0.25) is 6.79 Å². The summed E-state index contributed by atoms with van der Waals surface area (Å²) < 4.78 is 10.5. The van der Waals surface area contributed by atoms with Crippen molar-refractivity contribution in [2.75, 3.05) is 6.79 Å². The molecule has 3 rings (SSSR count). The normalized spacial score (nSPS) is 16.7. The molecule has 69 valence electrons. The number of rotatable bonds is 1. The van der Waals surface area contributed by atoms with Crippen molar-refractivity contribution in [3.05, 3.63) is 36.2 Å². The lowest BCUT2D eigenvalue weighted by Gasteiger charge is -2.01. The van der Waals surface area contributed by atoms with Gasteiger partial charge in [-0.15, -0.1) is 0 Å². The third-order valence-electron chi connectivity index (χ3n) is 2.09. The molecule has 0 aromatic heterocycles. The zero-order valence-electron chi connectivity index (χ0n) is 7.30. The van der Waals surface area contributed by atoms with Gasteiger partial charge in [-0.3, -0.25) is 0 Å². The van der Waals surface area contributed by atoms with E-state index in [1.54, 1.807) is 12.4 Å². The Labute approximate surface area is 80.9 Å². The van der Waals surface area contributed by atoms with Crippen LogP contribution in [-0.4, -0.2) is 12.6 Å². The third-order valence-corrected chi connectivity index (χ3v) is 2.09. The van der Waals surface area contributed by atoms with Crippen LogP contribution in [0, 0.1) is 0 Å². The molecule has 2 heterocycles. The van der Waals surface area contributed by atoms with Crippen molar-refractivity contribution in [3.63, 3.8) is 0 Å². The maximum Gasteiger partial charge on any atom is 0.231 e. The van der Waals surface area contributed by atoms with Gasteiger partial charge in [0.05, 0.1) is 0 Å². The lowest BCUT2D eigenvalue weighted by atomic mass is 10.2. The minimum Gasteiger partial charge on any atom is -0.454 e. The minimum atomic E-state index is 0.292. The van der Waals surface area contributed by atoms with Crippen LogP contribution in [0.5, 0.6) is 11.5 Å². The molecule has 0 spiro atoms. The van der Waals surface area contributed by atoms with Gasteiger partial charge in [-0.2, -0.15) is 0 Å². The van der Waals surface area contributed by atoms with Gasteiger partial charge in [0.15, 0.2) is 17.3 Å². The average Bonchev–Trinajstić information content (AvgIpc) is 2.88. The number of benzene rings is 1. The Kier molecular flexibility index (Phi) is 1.47. The number of aliphatic imine (C=N–C) groups is 1. The van der Waals surface area contributed by atoms with Gasteiger partial charge >= 0.3 is 0 Å². The van der Waals surface area contributed by atoms with E-state index in [1.165, 1.54) is 0 Å². The van der Waals surface area contributed by atoms with Crippen molar-refractivity contribution in [1.29, 1.82) is 0 Å². The first kappa shape index (κ1) is 7.44. The molecule has 2 aliphatic rings. The Hall–Kier alpha value is -1.97. The first-order chi connectivity index (χ1) is 6.93. The standard InChI is InChI=1S/C10H7N2O2/c1-2-8-9(14-6-13-8)5-7(1)10-11-3-4-12-10/h1-5H,6H2. The Morgan fingerprint density at radius 1 is 1.07 bits per heavy atom. The first-order valence-electron chi connectivity index (χ1n) is 4.27. The first-order valence-corrected chi connectivity index (χ1v) is 4.27. The number of fused-ring (bicyclic) bond motifs is 1. The summed E-state index contributed by atoms with van der Waals surface area (Å²) in [5.41, 5.74) is 0.944. The molecule has 14 heavy (non-hydrogen) atoms. The maximum absolute atomic E-state index is 5.26. The maximum atomic E-state index is 5.26. The predicted octanol–water partition coefficient (Wildman–Crippen LogP) is 1.25. The van der Waals surface area contributed by atoms with E-state index >= 15 is 0 Å². The molecule has 1 aromatic rings. The number of hydrogen-bond donors (Lipinski definition) is 0. The minimum absolute atomic E-state index is 0.292. The summed E-state index contributed by atoms with van der Waals surface area (Å²) in [6.07, 6.45) is 3.33. The van der Waals surface area contributed by atoms with E-state index in [0.717, 1.165) is 17.1 Å². The molecule has 1 radical (unpaired) electrons. The molecule has 0 bridgehead atoms. The van der Waals surface area contributed by atoms with Gasteiger partial charge in [-0.05, 0) is 18.2 Å². The van der Waals surface area contributed by atoms with E-state index in [2.05, 4.69) is 10.3 Å². The largest absolute Gasteiger partial charge is 0.454 e.